The molecule has 0 bridgehead atoms. The van der Waals surface area contributed by atoms with Crippen LogP contribution < -0.4 is 0 Å². The molecule has 6 nitrogen and oxygen atoms in total. The van der Waals surface area contributed by atoms with Crippen LogP contribution in [0.4, 0.5) is 0 Å². The fourth-order valence-electron chi connectivity index (χ4n) is 2.07. The maximum Gasteiger partial charge on any atom is 0.306 e. The SMILES string of the molecule is O=C(O)CC1CN(C(=O)c2cc(I)ccc2O)CCO1. The minimum absolute atomic E-state index is 0.0725. The highest BCUT2D eigenvalue weighted by molar-refractivity contribution is 14.1. The van der Waals surface area contributed by atoms with Crippen LogP contribution in [0.25, 0.3) is 0 Å². The molecule has 1 heterocycles. The molecule has 108 valence electrons. The van der Waals surface area contributed by atoms with Crippen LogP contribution in [-0.4, -0.2) is 52.8 Å². The van der Waals surface area contributed by atoms with E-state index in [1.807, 2.05) is 0 Å². The minimum atomic E-state index is -0.957. The Bertz CT molecular complexity index is 533. The van der Waals surface area contributed by atoms with Gasteiger partial charge < -0.3 is 19.8 Å². The Morgan fingerprint density at radius 3 is 2.90 bits per heavy atom. The molecule has 1 saturated heterocycles. The highest BCUT2D eigenvalue weighted by atomic mass is 127. The molecule has 20 heavy (non-hydrogen) atoms. The second kappa shape index (κ2) is 6.40. The number of halogens is 1. The monoisotopic (exact) mass is 391 g/mol. The van der Waals surface area contributed by atoms with Crippen molar-refractivity contribution in [3.8, 4) is 5.75 Å². The zero-order chi connectivity index (χ0) is 14.7. The third-order valence-electron chi connectivity index (χ3n) is 3.02. The topological polar surface area (TPSA) is 87.1 Å². The Morgan fingerprint density at radius 1 is 1.45 bits per heavy atom. The van der Waals surface area contributed by atoms with E-state index in [2.05, 4.69) is 22.6 Å². The van der Waals surface area contributed by atoms with E-state index in [9.17, 15) is 14.7 Å². The average molecular weight is 391 g/mol. The van der Waals surface area contributed by atoms with Gasteiger partial charge in [-0.2, -0.15) is 0 Å². The third kappa shape index (κ3) is 3.60. The Morgan fingerprint density at radius 2 is 2.20 bits per heavy atom. The Labute approximate surface area is 129 Å². The lowest BCUT2D eigenvalue weighted by molar-refractivity contribution is -0.141. The van der Waals surface area contributed by atoms with Crippen molar-refractivity contribution in [2.45, 2.75) is 12.5 Å². The fourth-order valence-corrected chi connectivity index (χ4v) is 2.56. The van der Waals surface area contributed by atoms with E-state index in [-0.39, 0.29) is 30.2 Å². The van der Waals surface area contributed by atoms with Gasteiger partial charge in [-0.1, -0.05) is 0 Å². The van der Waals surface area contributed by atoms with Crippen molar-refractivity contribution in [2.24, 2.45) is 0 Å². The van der Waals surface area contributed by atoms with E-state index in [0.29, 0.717) is 13.2 Å². The van der Waals surface area contributed by atoms with Crippen LogP contribution in [0.2, 0.25) is 0 Å². The van der Waals surface area contributed by atoms with Crippen LogP contribution in [-0.2, 0) is 9.53 Å². The second-order valence-electron chi connectivity index (χ2n) is 4.50. The zero-order valence-corrected chi connectivity index (χ0v) is 12.7. The summed E-state index contributed by atoms with van der Waals surface area (Å²) in [6.45, 7) is 0.907. The Balaban J connectivity index is 2.12. The Hall–Kier alpha value is -1.35. The van der Waals surface area contributed by atoms with Crippen LogP contribution in [0.15, 0.2) is 18.2 Å². The van der Waals surface area contributed by atoms with Crippen LogP contribution in [0, 0.1) is 3.57 Å². The van der Waals surface area contributed by atoms with E-state index in [1.165, 1.54) is 11.0 Å². The summed E-state index contributed by atoms with van der Waals surface area (Å²) >= 11 is 2.06. The molecule has 1 atom stereocenters. The summed E-state index contributed by atoms with van der Waals surface area (Å²) in [5.41, 5.74) is 0.230. The number of aliphatic carboxylic acids is 1. The van der Waals surface area contributed by atoms with Gasteiger partial charge in [-0.05, 0) is 40.8 Å². The number of amides is 1. The number of morpholine rings is 1. The summed E-state index contributed by atoms with van der Waals surface area (Å²) < 4.78 is 6.17. The number of hydrogen-bond acceptors (Lipinski definition) is 4. The van der Waals surface area contributed by atoms with Gasteiger partial charge in [0.25, 0.3) is 5.91 Å². The van der Waals surface area contributed by atoms with Crippen molar-refractivity contribution >= 4 is 34.5 Å². The molecular formula is C13H14INO5. The number of carbonyl (C=O) groups excluding carboxylic acids is 1. The van der Waals surface area contributed by atoms with Gasteiger partial charge in [0.1, 0.15) is 5.75 Å². The van der Waals surface area contributed by atoms with Crippen LogP contribution in [0.1, 0.15) is 16.8 Å². The van der Waals surface area contributed by atoms with E-state index in [1.54, 1.807) is 12.1 Å². The molecule has 0 spiro atoms. The van der Waals surface area contributed by atoms with Crippen LogP contribution in [0.5, 0.6) is 5.75 Å². The van der Waals surface area contributed by atoms with Crippen molar-refractivity contribution in [3.05, 3.63) is 27.3 Å². The summed E-state index contributed by atoms with van der Waals surface area (Å²) in [4.78, 5) is 24.6. The second-order valence-corrected chi connectivity index (χ2v) is 5.75. The minimum Gasteiger partial charge on any atom is -0.507 e. The molecule has 1 aromatic carbocycles. The standard InChI is InChI=1S/C13H14INO5/c14-8-1-2-11(16)10(5-8)13(19)15-3-4-20-9(7-15)6-12(17)18/h1-2,5,9,16H,3-4,6-7H2,(H,17,18). The van der Waals surface area contributed by atoms with E-state index < -0.39 is 12.1 Å². The largest absolute Gasteiger partial charge is 0.507 e. The summed E-state index contributed by atoms with van der Waals surface area (Å²) in [6, 6.07) is 4.79. The number of ether oxygens (including phenoxy) is 1. The van der Waals surface area contributed by atoms with Gasteiger partial charge in [0.05, 0.1) is 24.7 Å². The molecule has 1 amide bonds. The molecule has 0 aliphatic carbocycles. The molecule has 0 radical (unpaired) electrons. The summed E-state index contributed by atoms with van der Waals surface area (Å²) in [5, 5.41) is 18.5. The molecule has 1 aromatic rings. The third-order valence-corrected chi connectivity index (χ3v) is 3.69. The number of benzene rings is 1. The van der Waals surface area contributed by atoms with Crippen molar-refractivity contribution in [2.75, 3.05) is 19.7 Å². The molecule has 1 unspecified atom stereocenters. The highest BCUT2D eigenvalue weighted by Crippen LogP contribution is 2.22. The van der Waals surface area contributed by atoms with Gasteiger partial charge in [0.2, 0.25) is 0 Å². The Kier molecular flexibility index (Phi) is 4.81. The van der Waals surface area contributed by atoms with Gasteiger partial charge in [0.15, 0.2) is 0 Å². The van der Waals surface area contributed by atoms with E-state index in [0.717, 1.165) is 3.57 Å². The van der Waals surface area contributed by atoms with Gasteiger partial charge in [-0.15, -0.1) is 0 Å². The summed E-state index contributed by atoms with van der Waals surface area (Å²) in [5.74, 6) is -1.34. The maximum atomic E-state index is 12.4. The van der Waals surface area contributed by atoms with Crippen molar-refractivity contribution < 1.29 is 24.5 Å². The molecule has 0 saturated carbocycles. The molecule has 7 heteroatoms. The summed E-state index contributed by atoms with van der Waals surface area (Å²) in [7, 11) is 0. The van der Waals surface area contributed by atoms with Gasteiger partial charge in [0, 0.05) is 16.7 Å². The average Bonchev–Trinajstić information content (AvgIpc) is 2.40. The van der Waals surface area contributed by atoms with Crippen LogP contribution >= 0.6 is 22.6 Å². The lowest BCUT2D eigenvalue weighted by atomic mass is 10.1. The van der Waals surface area contributed by atoms with Crippen LogP contribution in [0.3, 0.4) is 0 Å². The smallest absolute Gasteiger partial charge is 0.306 e. The first-order valence-corrected chi connectivity index (χ1v) is 7.16. The first-order valence-electron chi connectivity index (χ1n) is 6.08. The van der Waals surface area contributed by atoms with Crippen molar-refractivity contribution in [3.63, 3.8) is 0 Å². The first-order chi connectivity index (χ1) is 9.47. The van der Waals surface area contributed by atoms with Crippen molar-refractivity contribution in [1.82, 2.24) is 4.90 Å². The number of carboxylic acid groups (broad SMARTS) is 1. The normalized spacial score (nSPS) is 18.9. The molecule has 2 N–H and O–H groups in total. The highest BCUT2D eigenvalue weighted by Gasteiger charge is 2.27. The number of nitrogens with zero attached hydrogens (tertiary/aromatic N) is 1. The first kappa shape index (κ1) is 15.0. The molecule has 1 fully saturated rings. The number of phenols is 1. The number of phenolic OH excluding ortho intramolecular Hbond substituents is 1. The molecule has 1 aliphatic heterocycles. The number of carboxylic acids is 1. The van der Waals surface area contributed by atoms with Crippen molar-refractivity contribution in [1.29, 1.82) is 0 Å². The number of hydrogen-bond donors (Lipinski definition) is 2. The molecule has 1 aliphatic rings. The molecule has 2 rings (SSSR count). The quantitative estimate of drug-likeness (QED) is 0.759. The summed E-state index contributed by atoms with van der Waals surface area (Å²) in [6.07, 6.45) is -0.641. The van der Waals surface area contributed by atoms with E-state index >= 15 is 0 Å². The van der Waals surface area contributed by atoms with Gasteiger partial charge >= 0.3 is 5.97 Å². The van der Waals surface area contributed by atoms with Gasteiger partial charge in [-0.3, -0.25) is 9.59 Å². The molecular weight excluding hydrogens is 377 g/mol. The number of aromatic hydroxyl groups is 1. The zero-order valence-electron chi connectivity index (χ0n) is 10.6. The fraction of sp³-hybridized carbons (Fsp3) is 0.385. The lowest BCUT2D eigenvalue weighted by Gasteiger charge is -2.32. The maximum absolute atomic E-state index is 12.4. The molecule has 0 aromatic heterocycles. The predicted octanol–water partition coefficient (Wildman–Crippen LogP) is 1.31. The number of carbonyl (C=O) groups is 2. The van der Waals surface area contributed by atoms with E-state index in [4.69, 9.17) is 9.84 Å². The predicted molar refractivity (Wildman–Crippen MR) is 78.7 cm³/mol. The lowest BCUT2D eigenvalue weighted by Crippen LogP contribution is -2.46. The van der Waals surface area contributed by atoms with Gasteiger partial charge in [-0.25, -0.2) is 0 Å². The number of rotatable bonds is 3.